The molecule has 2 nitrogen and oxygen atoms in total. The first-order valence-corrected chi connectivity index (χ1v) is 4.14. The molecule has 0 heterocycles. The Balaban J connectivity index is 3.18. The quantitative estimate of drug-likeness (QED) is 0.581. The van der Waals surface area contributed by atoms with Crippen LogP contribution < -0.4 is 0 Å². The minimum Gasteiger partial charge on any atom is -0.214 e. The summed E-state index contributed by atoms with van der Waals surface area (Å²) in [5.74, 6) is 0. The molecule has 0 aromatic rings. The van der Waals surface area contributed by atoms with Gasteiger partial charge in [0.1, 0.15) is 0 Å². The van der Waals surface area contributed by atoms with Gasteiger partial charge in [-0.1, -0.05) is 13.8 Å². The third-order valence-electron chi connectivity index (χ3n) is 0.745. The third-order valence-corrected chi connectivity index (χ3v) is 1.34. The molecule has 0 unspecified atom stereocenters. The SMILES string of the molecule is CCCN=S=NCCC. The van der Waals surface area contributed by atoms with Gasteiger partial charge in [-0.2, -0.15) is 0 Å². The molecule has 0 bridgehead atoms. The molecule has 0 fully saturated rings. The summed E-state index contributed by atoms with van der Waals surface area (Å²) in [7, 11) is 0. The van der Waals surface area contributed by atoms with Crippen LogP contribution in [0.3, 0.4) is 0 Å². The maximum atomic E-state index is 4.08. The lowest BCUT2D eigenvalue weighted by molar-refractivity contribution is 0.934. The molecule has 0 aromatic carbocycles. The molecule has 0 saturated carbocycles. The van der Waals surface area contributed by atoms with Crippen molar-refractivity contribution in [3.63, 3.8) is 0 Å². The van der Waals surface area contributed by atoms with Crippen molar-refractivity contribution in [2.75, 3.05) is 13.1 Å². The van der Waals surface area contributed by atoms with Crippen LogP contribution in [0.1, 0.15) is 26.7 Å². The van der Waals surface area contributed by atoms with Crippen LogP contribution in [0.2, 0.25) is 0 Å². The Morgan fingerprint density at radius 1 is 1.00 bits per heavy atom. The van der Waals surface area contributed by atoms with E-state index in [1.165, 1.54) is 11.4 Å². The van der Waals surface area contributed by atoms with Crippen LogP contribution in [0.25, 0.3) is 0 Å². The Morgan fingerprint density at radius 2 is 1.44 bits per heavy atom. The number of hydrogen-bond donors (Lipinski definition) is 0. The molecule has 0 aliphatic carbocycles. The van der Waals surface area contributed by atoms with Crippen LogP contribution in [-0.2, 0) is 11.4 Å². The first-order chi connectivity index (χ1) is 4.41. The fourth-order valence-electron chi connectivity index (χ4n) is 0.305. The first kappa shape index (κ1) is 8.82. The van der Waals surface area contributed by atoms with Gasteiger partial charge in [-0.05, 0) is 12.8 Å². The number of nitrogens with zero attached hydrogens (tertiary/aromatic N) is 2. The van der Waals surface area contributed by atoms with Gasteiger partial charge in [0.2, 0.25) is 0 Å². The van der Waals surface area contributed by atoms with Gasteiger partial charge < -0.3 is 0 Å². The van der Waals surface area contributed by atoms with E-state index >= 15 is 0 Å². The van der Waals surface area contributed by atoms with E-state index < -0.39 is 0 Å². The average molecular weight is 146 g/mol. The molecule has 0 amide bonds. The van der Waals surface area contributed by atoms with E-state index in [9.17, 15) is 0 Å². The zero-order valence-electron chi connectivity index (χ0n) is 6.13. The van der Waals surface area contributed by atoms with Crippen molar-refractivity contribution < 1.29 is 0 Å². The maximum absolute atomic E-state index is 4.08. The molecule has 0 atom stereocenters. The van der Waals surface area contributed by atoms with Crippen molar-refractivity contribution in [1.29, 1.82) is 0 Å². The molecule has 0 rings (SSSR count). The van der Waals surface area contributed by atoms with Gasteiger partial charge >= 0.3 is 0 Å². The second kappa shape index (κ2) is 7.82. The van der Waals surface area contributed by atoms with Gasteiger partial charge in [0.25, 0.3) is 0 Å². The lowest BCUT2D eigenvalue weighted by Gasteiger charge is -1.78. The molecule has 0 spiro atoms. The number of hydrogen-bond acceptors (Lipinski definition) is 2. The summed E-state index contributed by atoms with van der Waals surface area (Å²) in [6.45, 7) is 6.09. The van der Waals surface area contributed by atoms with E-state index in [4.69, 9.17) is 0 Å². The second-order valence-electron chi connectivity index (χ2n) is 1.79. The molecule has 0 aromatic heterocycles. The zero-order chi connectivity index (χ0) is 6.95. The monoisotopic (exact) mass is 146 g/mol. The topological polar surface area (TPSA) is 24.7 Å². The van der Waals surface area contributed by atoms with E-state index in [1.54, 1.807) is 0 Å². The fourth-order valence-corrected chi connectivity index (χ4v) is 0.915. The van der Waals surface area contributed by atoms with Crippen molar-refractivity contribution in [3.8, 4) is 0 Å². The van der Waals surface area contributed by atoms with Crippen molar-refractivity contribution in [2.24, 2.45) is 8.73 Å². The zero-order valence-corrected chi connectivity index (χ0v) is 6.95. The Morgan fingerprint density at radius 3 is 1.78 bits per heavy atom. The van der Waals surface area contributed by atoms with Crippen molar-refractivity contribution >= 4 is 11.4 Å². The van der Waals surface area contributed by atoms with Crippen LogP contribution in [0.4, 0.5) is 0 Å². The Bertz CT molecular complexity index is 95.6. The number of rotatable bonds is 4. The van der Waals surface area contributed by atoms with Gasteiger partial charge in [-0.15, -0.1) is 0 Å². The smallest absolute Gasteiger partial charge is 0.0577 e. The summed E-state index contributed by atoms with van der Waals surface area (Å²) in [5, 5.41) is 0. The molecular weight excluding hydrogens is 132 g/mol. The normalized spacial score (nSPS) is 8.67. The van der Waals surface area contributed by atoms with Crippen LogP contribution >= 0.6 is 0 Å². The average Bonchev–Trinajstić information content (AvgIpc) is 1.89. The summed E-state index contributed by atoms with van der Waals surface area (Å²) >= 11 is 1.35. The highest BCUT2D eigenvalue weighted by Gasteiger charge is 1.70. The highest BCUT2D eigenvalue weighted by atomic mass is 32.1. The van der Waals surface area contributed by atoms with Gasteiger partial charge in [-0.3, -0.25) is 0 Å². The summed E-state index contributed by atoms with van der Waals surface area (Å²) in [6, 6.07) is 0. The van der Waals surface area contributed by atoms with E-state index in [-0.39, 0.29) is 0 Å². The van der Waals surface area contributed by atoms with Crippen LogP contribution in [0.5, 0.6) is 0 Å². The molecule has 3 heteroatoms. The van der Waals surface area contributed by atoms with Gasteiger partial charge in [-0.25, -0.2) is 8.73 Å². The molecule has 0 aliphatic rings. The van der Waals surface area contributed by atoms with E-state index in [2.05, 4.69) is 22.6 Å². The summed E-state index contributed by atoms with van der Waals surface area (Å²) in [6.07, 6.45) is 2.24. The maximum Gasteiger partial charge on any atom is 0.0577 e. The molecule has 0 N–H and O–H groups in total. The predicted octanol–water partition coefficient (Wildman–Crippen LogP) is 2.26. The third kappa shape index (κ3) is 7.82. The van der Waals surface area contributed by atoms with E-state index in [0.717, 1.165) is 25.9 Å². The standard InChI is InChI=1S/C6H14N2S/c1-3-5-7-9-8-6-4-2/h3-6H2,1-2H3. The Kier molecular flexibility index (Phi) is 7.66. The molecule has 0 saturated heterocycles. The Labute approximate surface area is 60.6 Å². The van der Waals surface area contributed by atoms with Gasteiger partial charge in [0, 0.05) is 0 Å². The van der Waals surface area contributed by atoms with Crippen LogP contribution in [0, 0.1) is 0 Å². The lowest BCUT2D eigenvalue weighted by atomic mass is 10.5. The van der Waals surface area contributed by atoms with Gasteiger partial charge in [0.15, 0.2) is 0 Å². The highest BCUT2D eigenvalue weighted by molar-refractivity contribution is 7.57. The molecule has 0 radical (unpaired) electrons. The largest absolute Gasteiger partial charge is 0.214 e. The summed E-state index contributed by atoms with van der Waals surface area (Å²) < 4.78 is 8.15. The Hall–Kier alpha value is -0.180. The van der Waals surface area contributed by atoms with Crippen molar-refractivity contribution in [3.05, 3.63) is 0 Å². The highest BCUT2D eigenvalue weighted by Crippen LogP contribution is 1.77. The summed E-state index contributed by atoms with van der Waals surface area (Å²) in [5.41, 5.74) is 0. The fraction of sp³-hybridized carbons (Fsp3) is 1.00. The van der Waals surface area contributed by atoms with Gasteiger partial charge in [0.05, 0.1) is 24.4 Å². The first-order valence-electron chi connectivity index (χ1n) is 3.41. The lowest BCUT2D eigenvalue weighted by Crippen LogP contribution is -1.72. The molecular formula is C6H14N2S. The molecule has 0 aliphatic heterocycles. The molecule has 54 valence electrons. The summed E-state index contributed by atoms with van der Waals surface area (Å²) in [4.78, 5) is 0. The predicted molar refractivity (Wildman–Crippen MR) is 42.5 cm³/mol. The van der Waals surface area contributed by atoms with Crippen LogP contribution in [0.15, 0.2) is 8.73 Å². The minimum atomic E-state index is 0.928. The second-order valence-corrected chi connectivity index (χ2v) is 2.47. The van der Waals surface area contributed by atoms with Crippen molar-refractivity contribution in [1.82, 2.24) is 0 Å². The molecule has 9 heavy (non-hydrogen) atoms. The van der Waals surface area contributed by atoms with E-state index in [0.29, 0.717) is 0 Å². The van der Waals surface area contributed by atoms with E-state index in [1.807, 2.05) is 0 Å². The van der Waals surface area contributed by atoms with Crippen molar-refractivity contribution in [2.45, 2.75) is 26.7 Å². The van der Waals surface area contributed by atoms with Crippen LogP contribution in [-0.4, -0.2) is 13.1 Å². The minimum absolute atomic E-state index is 0.928.